The minimum absolute atomic E-state index is 0.131. The first-order valence-corrected chi connectivity index (χ1v) is 7.99. The van der Waals surface area contributed by atoms with Gasteiger partial charge in [-0.2, -0.15) is 4.57 Å². The van der Waals surface area contributed by atoms with E-state index < -0.39 is 47.5 Å². The highest BCUT2D eigenvalue weighted by Gasteiger charge is 2.28. The first kappa shape index (κ1) is 32.6. The summed E-state index contributed by atoms with van der Waals surface area (Å²) in [6.45, 7) is 12.5. The third kappa shape index (κ3) is 14.9. The molecule has 1 rings (SSSR count). The summed E-state index contributed by atoms with van der Waals surface area (Å²) in [7, 11) is 0. The van der Waals surface area contributed by atoms with Gasteiger partial charge < -0.3 is 30.6 Å². The Kier molecular flexibility index (Phi) is 15.1. The molecule has 1 aromatic rings. The lowest BCUT2D eigenvalue weighted by atomic mass is 10.4. The zero-order valence-corrected chi connectivity index (χ0v) is 17.4. The van der Waals surface area contributed by atoms with Crippen LogP contribution in [-0.4, -0.2) is 69.7 Å². The second kappa shape index (κ2) is 14.8. The van der Waals surface area contributed by atoms with Crippen LogP contribution < -0.4 is 17.1 Å². The van der Waals surface area contributed by atoms with Crippen LogP contribution in [0, 0.1) is 0 Å². The molecule has 0 radical (unpaired) electrons. The molecule has 0 unspecified atom stereocenters. The smallest absolute Gasteiger partial charge is 0.338 e. The number of carboxylic acid groups (broad SMARTS) is 3. The van der Waals surface area contributed by atoms with Gasteiger partial charge in [-0.05, 0) is 20.8 Å². The number of rotatable bonds is 5. The van der Waals surface area contributed by atoms with Crippen molar-refractivity contribution in [3.63, 3.8) is 0 Å². The molecule has 0 aromatic carbocycles. The highest BCUT2D eigenvalue weighted by atomic mass is 16.5. The molecule has 8 N–H and O–H groups in total. The van der Waals surface area contributed by atoms with E-state index in [9.17, 15) is 28.8 Å². The molecule has 1 heterocycles. The van der Waals surface area contributed by atoms with Crippen LogP contribution in [0.3, 0.4) is 0 Å². The number of hydrogen-bond donors (Lipinski definition) is 8. The van der Waals surface area contributed by atoms with E-state index >= 15 is 0 Å². The number of aromatic nitrogens is 3. The summed E-state index contributed by atoms with van der Waals surface area (Å²) < 4.78 is -0.131. The summed E-state index contributed by atoms with van der Waals surface area (Å²) in [4.78, 5) is 64.3. The Hall–Kier alpha value is -4.08. The normalized spacial score (nSPS) is 9.31. The van der Waals surface area contributed by atoms with E-state index in [-0.39, 0.29) is 21.3 Å². The number of aliphatic hydroxyl groups excluding tert-OH is 1. The van der Waals surface area contributed by atoms with E-state index in [2.05, 4.69) is 19.7 Å². The molecule has 180 valence electrons. The molecule has 0 aliphatic rings. The van der Waals surface area contributed by atoms with Crippen molar-refractivity contribution >= 4 is 17.9 Å². The van der Waals surface area contributed by atoms with E-state index in [1.807, 2.05) is 0 Å². The number of carboxylic acids is 3. The van der Waals surface area contributed by atoms with Gasteiger partial charge in [0, 0.05) is 16.7 Å². The Morgan fingerprint density at radius 2 is 1.00 bits per heavy atom. The third-order valence-corrected chi connectivity index (χ3v) is 2.51. The fourth-order valence-electron chi connectivity index (χ4n) is 0.825. The monoisotopic (exact) mass is 463 g/mol. The zero-order valence-electron chi connectivity index (χ0n) is 17.4. The molecule has 0 saturated heterocycles. The van der Waals surface area contributed by atoms with Crippen LogP contribution >= 0.6 is 0 Å². The molecule has 0 atom stereocenters. The zero-order chi connectivity index (χ0) is 26.4. The maximum absolute atomic E-state index is 10.9. The average molecular weight is 463 g/mol. The quantitative estimate of drug-likeness (QED) is 0.170. The Morgan fingerprint density at radius 3 is 1.16 bits per heavy atom. The summed E-state index contributed by atoms with van der Waals surface area (Å²) in [5.41, 5.74) is -3.22. The standard InChI is InChI=1S/C5H7N3O6.3C4H6O2/c9-1-5(13,14)8-3(11)6-2(10)7-4(8)12;3*1-3(2)4(5)6/h9,13-14H,1H2,(H2,6,7,10,11,12);3*1H2,2H3,(H,5,6). The lowest BCUT2D eigenvalue weighted by Gasteiger charge is -2.18. The number of aromatic amines is 2. The molecule has 1 aromatic heterocycles. The first-order chi connectivity index (χ1) is 14.3. The van der Waals surface area contributed by atoms with Gasteiger partial charge in [0.15, 0.2) is 0 Å². The van der Waals surface area contributed by atoms with Crippen molar-refractivity contribution in [2.45, 2.75) is 26.7 Å². The van der Waals surface area contributed by atoms with Crippen molar-refractivity contribution in [1.29, 1.82) is 0 Å². The van der Waals surface area contributed by atoms with Gasteiger partial charge in [-0.15, -0.1) is 0 Å². The van der Waals surface area contributed by atoms with Gasteiger partial charge in [0.2, 0.25) is 0 Å². The molecule has 0 amide bonds. The highest BCUT2D eigenvalue weighted by Crippen LogP contribution is 1.97. The van der Waals surface area contributed by atoms with Gasteiger partial charge in [-0.25, -0.2) is 28.8 Å². The number of aliphatic hydroxyl groups is 3. The van der Waals surface area contributed by atoms with Crippen LogP contribution in [0.4, 0.5) is 0 Å². The van der Waals surface area contributed by atoms with Crippen molar-refractivity contribution < 1.29 is 45.0 Å². The lowest BCUT2D eigenvalue weighted by molar-refractivity contribution is -0.255. The van der Waals surface area contributed by atoms with Crippen LogP contribution in [0.25, 0.3) is 0 Å². The molecule has 15 nitrogen and oxygen atoms in total. The van der Waals surface area contributed by atoms with Crippen molar-refractivity contribution in [2.75, 3.05) is 6.61 Å². The van der Waals surface area contributed by atoms with E-state index in [1.165, 1.54) is 20.8 Å². The van der Waals surface area contributed by atoms with Crippen LogP contribution in [-0.2, 0) is 20.3 Å². The average Bonchev–Trinajstić information content (AvgIpc) is 2.61. The predicted molar refractivity (Wildman–Crippen MR) is 109 cm³/mol. The maximum Gasteiger partial charge on any atom is 0.338 e. The second-order valence-electron chi connectivity index (χ2n) is 5.71. The van der Waals surface area contributed by atoms with Gasteiger partial charge >= 0.3 is 35.0 Å². The number of hydrogen-bond acceptors (Lipinski definition) is 9. The largest absolute Gasteiger partial charge is 0.478 e. The van der Waals surface area contributed by atoms with Gasteiger partial charge in [0.05, 0.1) is 0 Å². The van der Waals surface area contributed by atoms with E-state index in [4.69, 9.17) is 30.6 Å². The van der Waals surface area contributed by atoms with E-state index in [0.29, 0.717) is 0 Å². The number of aliphatic carboxylic acids is 3. The minimum Gasteiger partial charge on any atom is -0.478 e. The molecule has 0 aliphatic heterocycles. The van der Waals surface area contributed by atoms with Crippen molar-refractivity contribution in [2.24, 2.45) is 0 Å². The van der Waals surface area contributed by atoms with Gasteiger partial charge in [0.25, 0.3) is 5.91 Å². The van der Waals surface area contributed by atoms with E-state index in [0.717, 1.165) is 0 Å². The molecule has 15 heteroatoms. The van der Waals surface area contributed by atoms with Crippen molar-refractivity contribution in [1.82, 2.24) is 14.5 Å². The Labute approximate surface area is 179 Å². The lowest BCUT2D eigenvalue weighted by Crippen LogP contribution is -2.55. The minimum atomic E-state index is -3.05. The fourth-order valence-corrected chi connectivity index (χ4v) is 0.825. The number of H-pyrrole nitrogens is 2. The Morgan fingerprint density at radius 1 is 0.781 bits per heavy atom. The molecule has 0 saturated carbocycles. The molecular weight excluding hydrogens is 438 g/mol. The van der Waals surface area contributed by atoms with Crippen LogP contribution in [0.1, 0.15) is 20.8 Å². The topological polar surface area (TPSA) is 260 Å². The molecule has 0 spiro atoms. The summed E-state index contributed by atoms with van der Waals surface area (Å²) in [6, 6.07) is 0. The van der Waals surface area contributed by atoms with Gasteiger partial charge in [-0.1, -0.05) is 19.7 Å². The predicted octanol–water partition coefficient (Wildman–Crippen LogP) is -2.25. The van der Waals surface area contributed by atoms with Crippen LogP contribution in [0.5, 0.6) is 0 Å². The number of carbonyl (C=O) groups is 3. The van der Waals surface area contributed by atoms with Gasteiger partial charge in [0.1, 0.15) is 6.61 Å². The van der Waals surface area contributed by atoms with Crippen molar-refractivity contribution in [3.8, 4) is 0 Å². The SMILES string of the molecule is C=C(C)C(=O)O.C=C(C)C(=O)O.C=C(C)C(=O)O.O=c1[nH]c(=O)n(C(O)(O)CO)c(=O)[nH]1. The van der Waals surface area contributed by atoms with Crippen LogP contribution in [0.15, 0.2) is 50.8 Å². The molecule has 0 bridgehead atoms. The summed E-state index contributed by atoms with van der Waals surface area (Å²) >= 11 is 0. The number of nitrogens with zero attached hydrogens (tertiary/aromatic N) is 1. The summed E-state index contributed by atoms with van der Waals surface area (Å²) in [5, 5.41) is 50.1. The third-order valence-electron chi connectivity index (χ3n) is 2.51. The number of nitrogens with one attached hydrogen (secondary N) is 2. The molecule has 0 fully saturated rings. The van der Waals surface area contributed by atoms with Gasteiger partial charge in [-0.3, -0.25) is 9.97 Å². The molecule has 32 heavy (non-hydrogen) atoms. The van der Waals surface area contributed by atoms with Crippen molar-refractivity contribution in [3.05, 3.63) is 67.9 Å². The Balaban J connectivity index is -0.000000393. The van der Waals surface area contributed by atoms with E-state index in [1.54, 1.807) is 9.97 Å². The first-order valence-electron chi connectivity index (χ1n) is 7.99. The molecular formula is C17H25N3O12. The summed E-state index contributed by atoms with van der Waals surface area (Å²) in [6.07, 6.45) is 0. The summed E-state index contributed by atoms with van der Waals surface area (Å²) in [5.74, 6) is -5.85. The maximum atomic E-state index is 10.9. The van der Waals surface area contributed by atoms with Crippen LogP contribution in [0.2, 0.25) is 0 Å². The second-order valence-corrected chi connectivity index (χ2v) is 5.71. The fraction of sp³-hybridized carbons (Fsp3) is 0.294. The molecule has 0 aliphatic carbocycles. The Bertz CT molecular complexity index is 899. The highest BCUT2D eigenvalue weighted by molar-refractivity contribution is 5.85.